The lowest BCUT2D eigenvalue weighted by molar-refractivity contribution is -0.106. The van der Waals surface area contributed by atoms with Crippen molar-refractivity contribution in [3.05, 3.63) is 60.7 Å². The van der Waals surface area contributed by atoms with E-state index in [-0.39, 0.29) is 4.90 Å². The van der Waals surface area contributed by atoms with E-state index in [0.29, 0.717) is 12.1 Å². The predicted molar refractivity (Wildman–Crippen MR) is 68.6 cm³/mol. The molecular weight excluding hydrogens is 250 g/mol. The molecule has 18 heavy (non-hydrogen) atoms. The normalized spacial score (nSPS) is 10.9. The van der Waals surface area contributed by atoms with E-state index in [1.807, 2.05) is 0 Å². The molecule has 0 spiro atoms. The van der Waals surface area contributed by atoms with E-state index in [2.05, 4.69) is 0 Å². The maximum atomic E-state index is 12.3. The van der Waals surface area contributed by atoms with Crippen molar-refractivity contribution >= 4 is 22.1 Å². The van der Waals surface area contributed by atoms with Gasteiger partial charge in [0.2, 0.25) is 6.41 Å². The van der Waals surface area contributed by atoms with Gasteiger partial charge >= 0.3 is 0 Å². The molecule has 2 aromatic rings. The zero-order valence-corrected chi connectivity index (χ0v) is 10.2. The first-order chi connectivity index (χ1) is 8.66. The third-order valence-corrected chi connectivity index (χ3v) is 4.09. The van der Waals surface area contributed by atoms with Crippen molar-refractivity contribution in [3.63, 3.8) is 0 Å². The third-order valence-electron chi connectivity index (χ3n) is 2.41. The smallest absolute Gasteiger partial charge is 0.270 e. The lowest BCUT2D eigenvalue weighted by Gasteiger charge is -2.17. The number of carbonyl (C=O) groups excluding carboxylic acids is 1. The van der Waals surface area contributed by atoms with Gasteiger partial charge in [-0.1, -0.05) is 36.4 Å². The first kappa shape index (κ1) is 12.3. The lowest BCUT2D eigenvalue weighted by atomic mass is 10.3. The van der Waals surface area contributed by atoms with E-state index in [9.17, 15) is 13.2 Å². The summed E-state index contributed by atoms with van der Waals surface area (Å²) >= 11 is 0. The van der Waals surface area contributed by atoms with Crippen molar-refractivity contribution in [2.45, 2.75) is 4.90 Å². The first-order valence-electron chi connectivity index (χ1n) is 5.26. The van der Waals surface area contributed by atoms with Gasteiger partial charge < -0.3 is 0 Å². The van der Waals surface area contributed by atoms with E-state index in [1.165, 1.54) is 12.1 Å². The molecule has 0 fully saturated rings. The summed E-state index contributed by atoms with van der Waals surface area (Å²) in [6.45, 7) is 0. The Bertz CT molecular complexity index is 624. The van der Waals surface area contributed by atoms with E-state index >= 15 is 0 Å². The molecule has 4 nitrogen and oxygen atoms in total. The highest BCUT2D eigenvalue weighted by atomic mass is 32.2. The standard InChI is InChI=1S/C13H11NO3S/c15-11-14(12-7-3-1-4-8-12)18(16,17)13-9-5-2-6-10-13/h1-11H. The fourth-order valence-corrected chi connectivity index (χ4v) is 2.78. The highest BCUT2D eigenvalue weighted by molar-refractivity contribution is 7.93. The number of carbonyl (C=O) groups is 1. The van der Waals surface area contributed by atoms with Crippen molar-refractivity contribution in [2.24, 2.45) is 0 Å². The summed E-state index contributed by atoms with van der Waals surface area (Å²) in [5, 5.41) is 0. The second-order valence-electron chi connectivity index (χ2n) is 3.55. The van der Waals surface area contributed by atoms with Crippen LogP contribution in [-0.2, 0) is 14.8 Å². The summed E-state index contributed by atoms with van der Waals surface area (Å²) < 4.78 is 25.2. The summed E-state index contributed by atoms with van der Waals surface area (Å²) in [5.41, 5.74) is 0.316. The van der Waals surface area contributed by atoms with Crippen LogP contribution in [0.4, 0.5) is 5.69 Å². The predicted octanol–water partition coefficient (Wildman–Crippen LogP) is 2.04. The number of anilines is 1. The maximum Gasteiger partial charge on any atom is 0.270 e. The number of benzene rings is 2. The molecule has 0 N–H and O–H groups in total. The van der Waals surface area contributed by atoms with Crippen LogP contribution in [0.5, 0.6) is 0 Å². The van der Waals surface area contributed by atoms with Gasteiger partial charge in [0.1, 0.15) is 0 Å². The fraction of sp³-hybridized carbons (Fsp3) is 0. The molecule has 0 aromatic heterocycles. The second kappa shape index (κ2) is 5.01. The Kier molecular flexibility index (Phi) is 3.43. The monoisotopic (exact) mass is 261 g/mol. The van der Waals surface area contributed by atoms with Crippen molar-refractivity contribution in [1.29, 1.82) is 0 Å². The quantitative estimate of drug-likeness (QED) is 0.791. The average molecular weight is 261 g/mol. The maximum absolute atomic E-state index is 12.3. The van der Waals surface area contributed by atoms with Crippen LogP contribution in [0, 0.1) is 0 Å². The molecule has 0 unspecified atom stereocenters. The molecule has 5 heteroatoms. The number of hydrogen-bond acceptors (Lipinski definition) is 3. The molecule has 2 aromatic carbocycles. The Morgan fingerprint density at radius 3 is 1.83 bits per heavy atom. The molecule has 0 heterocycles. The van der Waals surface area contributed by atoms with Crippen molar-refractivity contribution in [2.75, 3.05) is 4.31 Å². The van der Waals surface area contributed by atoms with E-state index < -0.39 is 10.0 Å². The van der Waals surface area contributed by atoms with E-state index in [0.717, 1.165) is 4.31 Å². The van der Waals surface area contributed by atoms with Crippen LogP contribution in [0.25, 0.3) is 0 Å². The van der Waals surface area contributed by atoms with Gasteiger partial charge in [-0.05, 0) is 24.3 Å². The van der Waals surface area contributed by atoms with Gasteiger partial charge in [-0.25, -0.2) is 12.7 Å². The minimum absolute atomic E-state index is 0.0842. The number of sulfonamides is 1. The van der Waals surface area contributed by atoms with Crippen LogP contribution < -0.4 is 4.31 Å². The molecule has 92 valence electrons. The summed E-state index contributed by atoms with van der Waals surface area (Å²) in [4.78, 5) is 11.2. The number of amides is 1. The van der Waals surface area contributed by atoms with Gasteiger partial charge in [-0.3, -0.25) is 4.79 Å². The highest BCUT2D eigenvalue weighted by Gasteiger charge is 2.23. The minimum atomic E-state index is -3.84. The second-order valence-corrected chi connectivity index (χ2v) is 5.37. The van der Waals surface area contributed by atoms with Crippen LogP contribution in [0.1, 0.15) is 0 Å². The molecule has 0 aliphatic heterocycles. The van der Waals surface area contributed by atoms with Crippen molar-refractivity contribution in [3.8, 4) is 0 Å². The Morgan fingerprint density at radius 2 is 1.33 bits per heavy atom. The summed E-state index contributed by atoms with van der Waals surface area (Å²) in [5.74, 6) is 0. The zero-order valence-electron chi connectivity index (χ0n) is 9.43. The molecule has 0 radical (unpaired) electrons. The van der Waals surface area contributed by atoms with Crippen molar-refractivity contribution in [1.82, 2.24) is 0 Å². The van der Waals surface area contributed by atoms with Gasteiger partial charge in [0.05, 0.1) is 10.6 Å². The van der Waals surface area contributed by atoms with Gasteiger partial charge in [0.15, 0.2) is 0 Å². The van der Waals surface area contributed by atoms with Crippen LogP contribution in [-0.4, -0.2) is 14.8 Å². The third kappa shape index (κ3) is 2.26. The molecular formula is C13H11NO3S. The number of rotatable bonds is 4. The molecule has 0 atom stereocenters. The summed E-state index contributed by atoms with van der Waals surface area (Å²) in [6, 6.07) is 16.1. The SMILES string of the molecule is O=CN(c1ccccc1)S(=O)(=O)c1ccccc1. The Labute approximate surface area is 106 Å². The van der Waals surface area contributed by atoms with Crippen LogP contribution in [0.3, 0.4) is 0 Å². The molecule has 0 saturated carbocycles. The molecule has 0 bridgehead atoms. The number of para-hydroxylation sites is 1. The largest absolute Gasteiger partial charge is 0.277 e. The van der Waals surface area contributed by atoms with Crippen LogP contribution >= 0.6 is 0 Å². The zero-order chi connectivity index (χ0) is 13.0. The Hall–Kier alpha value is -2.14. The average Bonchev–Trinajstić information content (AvgIpc) is 2.41. The molecule has 0 saturated heterocycles. The number of hydrogen-bond donors (Lipinski definition) is 0. The summed E-state index contributed by atoms with van der Waals surface area (Å²) in [7, 11) is -3.84. The van der Waals surface area contributed by atoms with Crippen LogP contribution in [0.2, 0.25) is 0 Å². The van der Waals surface area contributed by atoms with E-state index in [4.69, 9.17) is 0 Å². The number of nitrogens with zero attached hydrogens (tertiary/aromatic N) is 1. The van der Waals surface area contributed by atoms with E-state index in [1.54, 1.807) is 48.5 Å². The fourth-order valence-electron chi connectivity index (χ4n) is 1.54. The van der Waals surface area contributed by atoms with Gasteiger partial charge in [0, 0.05) is 0 Å². The van der Waals surface area contributed by atoms with Crippen molar-refractivity contribution < 1.29 is 13.2 Å². The molecule has 2 rings (SSSR count). The minimum Gasteiger partial charge on any atom is -0.277 e. The molecule has 1 amide bonds. The first-order valence-corrected chi connectivity index (χ1v) is 6.70. The highest BCUT2D eigenvalue weighted by Crippen LogP contribution is 2.21. The Morgan fingerprint density at radius 1 is 0.833 bits per heavy atom. The van der Waals surface area contributed by atoms with Crippen LogP contribution in [0.15, 0.2) is 65.6 Å². The Balaban J connectivity index is 2.49. The van der Waals surface area contributed by atoms with Gasteiger partial charge in [-0.15, -0.1) is 0 Å². The summed E-state index contributed by atoms with van der Waals surface area (Å²) in [6.07, 6.45) is 0.303. The molecule has 0 aliphatic carbocycles. The van der Waals surface area contributed by atoms with Gasteiger partial charge in [0.25, 0.3) is 10.0 Å². The van der Waals surface area contributed by atoms with Gasteiger partial charge in [-0.2, -0.15) is 0 Å². The topological polar surface area (TPSA) is 54.5 Å². The molecule has 0 aliphatic rings. The lowest BCUT2D eigenvalue weighted by Crippen LogP contribution is -2.29.